The van der Waals surface area contributed by atoms with Crippen molar-refractivity contribution in [1.29, 1.82) is 0 Å². The van der Waals surface area contributed by atoms with E-state index in [1.807, 2.05) is 60.7 Å². The van der Waals surface area contributed by atoms with Gasteiger partial charge in [-0.3, -0.25) is 15.1 Å². The number of amides is 1. The molecule has 4 nitrogen and oxygen atoms in total. The van der Waals surface area contributed by atoms with E-state index in [4.69, 9.17) is 5.73 Å². The van der Waals surface area contributed by atoms with Crippen molar-refractivity contribution in [3.05, 3.63) is 78.0 Å². The van der Waals surface area contributed by atoms with Gasteiger partial charge in [0.05, 0.1) is 5.52 Å². The molecule has 0 saturated heterocycles. The standard InChI is InChI=1S/C18H17N3O/c19-18(22)17(14-6-2-1-3-7-14)21-12-15-9-4-8-13-10-5-11-20-16(13)15/h1-11,17,21H,12H2,(H2,19,22). The second-order valence-corrected chi connectivity index (χ2v) is 5.12. The van der Waals surface area contributed by atoms with Crippen molar-refractivity contribution in [1.82, 2.24) is 10.3 Å². The number of aromatic nitrogens is 1. The SMILES string of the molecule is NC(=O)C(NCc1cccc2cccnc12)c1ccccc1. The quantitative estimate of drug-likeness (QED) is 0.759. The molecule has 0 aliphatic heterocycles. The molecular weight excluding hydrogens is 274 g/mol. The van der Waals surface area contributed by atoms with Gasteiger partial charge in [-0.25, -0.2) is 0 Å². The second kappa shape index (κ2) is 6.37. The number of carbonyl (C=O) groups excluding carboxylic acids is 1. The van der Waals surface area contributed by atoms with Gasteiger partial charge in [0.25, 0.3) is 0 Å². The fraction of sp³-hybridized carbons (Fsp3) is 0.111. The molecule has 1 aromatic heterocycles. The van der Waals surface area contributed by atoms with Gasteiger partial charge in [-0.05, 0) is 17.2 Å². The summed E-state index contributed by atoms with van der Waals surface area (Å²) in [5.41, 5.74) is 8.37. The molecule has 3 aromatic rings. The largest absolute Gasteiger partial charge is 0.368 e. The molecule has 1 unspecified atom stereocenters. The lowest BCUT2D eigenvalue weighted by molar-refractivity contribution is -0.120. The van der Waals surface area contributed by atoms with Crippen molar-refractivity contribution < 1.29 is 4.79 Å². The number of fused-ring (bicyclic) bond motifs is 1. The lowest BCUT2D eigenvalue weighted by Gasteiger charge is -2.16. The number of carbonyl (C=O) groups is 1. The molecule has 1 heterocycles. The molecule has 3 rings (SSSR count). The topological polar surface area (TPSA) is 68.0 Å². The minimum absolute atomic E-state index is 0.389. The summed E-state index contributed by atoms with van der Waals surface area (Å²) >= 11 is 0. The Labute approximate surface area is 129 Å². The highest BCUT2D eigenvalue weighted by Gasteiger charge is 2.17. The zero-order valence-corrected chi connectivity index (χ0v) is 12.1. The van der Waals surface area contributed by atoms with Gasteiger partial charge < -0.3 is 5.73 Å². The molecule has 3 N–H and O–H groups in total. The van der Waals surface area contributed by atoms with Crippen molar-refractivity contribution in [3.8, 4) is 0 Å². The van der Waals surface area contributed by atoms with Gasteiger partial charge in [-0.1, -0.05) is 54.6 Å². The fourth-order valence-electron chi connectivity index (χ4n) is 2.55. The molecule has 22 heavy (non-hydrogen) atoms. The summed E-state index contributed by atoms with van der Waals surface area (Å²) in [7, 11) is 0. The molecule has 0 bridgehead atoms. The number of primary amides is 1. The summed E-state index contributed by atoms with van der Waals surface area (Å²) < 4.78 is 0. The minimum atomic E-state index is -0.514. The zero-order chi connectivity index (χ0) is 15.4. The Balaban J connectivity index is 1.84. The number of nitrogens with zero attached hydrogens (tertiary/aromatic N) is 1. The van der Waals surface area contributed by atoms with Gasteiger partial charge in [0, 0.05) is 18.1 Å². The molecule has 0 radical (unpaired) electrons. The maximum Gasteiger partial charge on any atom is 0.239 e. The highest BCUT2D eigenvalue weighted by molar-refractivity contribution is 5.82. The third kappa shape index (κ3) is 2.97. The summed E-state index contributed by atoms with van der Waals surface area (Å²) in [5.74, 6) is -0.389. The predicted molar refractivity (Wildman–Crippen MR) is 87.0 cm³/mol. The van der Waals surface area contributed by atoms with Crippen molar-refractivity contribution in [3.63, 3.8) is 0 Å². The molecule has 0 aliphatic rings. The molecule has 1 atom stereocenters. The average molecular weight is 291 g/mol. The number of benzene rings is 2. The fourth-order valence-corrected chi connectivity index (χ4v) is 2.55. The van der Waals surface area contributed by atoms with E-state index < -0.39 is 6.04 Å². The summed E-state index contributed by atoms with van der Waals surface area (Å²) in [6.07, 6.45) is 1.77. The van der Waals surface area contributed by atoms with Crippen LogP contribution < -0.4 is 11.1 Å². The van der Waals surface area contributed by atoms with E-state index in [0.29, 0.717) is 6.54 Å². The van der Waals surface area contributed by atoms with Crippen molar-refractivity contribution >= 4 is 16.8 Å². The van der Waals surface area contributed by atoms with E-state index in [9.17, 15) is 4.79 Å². The third-order valence-electron chi connectivity index (χ3n) is 3.63. The van der Waals surface area contributed by atoms with Crippen LogP contribution >= 0.6 is 0 Å². The smallest absolute Gasteiger partial charge is 0.239 e. The number of hydrogen-bond donors (Lipinski definition) is 2. The molecule has 0 spiro atoms. The first-order valence-electron chi connectivity index (χ1n) is 7.16. The summed E-state index contributed by atoms with van der Waals surface area (Å²) in [6.45, 7) is 0.525. The molecule has 0 saturated carbocycles. The van der Waals surface area contributed by atoms with Crippen LogP contribution in [0.5, 0.6) is 0 Å². The minimum Gasteiger partial charge on any atom is -0.368 e. The molecule has 110 valence electrons. The summed E-state index contributed by atoms with van der Waals surface area (Å²) in [5, 5.41) is 4.31. The third-order valence-corrected chi connectivity index (χ3v) is 3.63. The number of pyridine rings is 1. The van der Waals surface area contributed by atoms with Crippen LogP contribution in [0.25, 0.3) is 10.9 Å². The maximum absolute atomic E-state index is 11.7. The van der Waals surface area contributed by atoms with Crippen molar-refractivity contribution in [2.24, 2.45) is 5.73 Å². The van der Waals surface area contributed by atoms with Crippen LogP contribution in [-0.2, 0) is 11.3 Å². The average Bonchev–Trinajstić information content (AvgIpc) is 2.56. The van der Waals surface area contributed by atoms with Crippen LogP contribution in [0.15, 0.2) is 66.9 Å². The Morgan fingerprint density at radius 2 is 1.82 bits per heavy atom. The second-order valence-electron chi connectivity index (χ2n) is 5.12. The van der Waals surface area contributed by atoms with Gasteiger partial charge >= 0.3 is 0 Å². The number of hydrogen-bond acceptors (Lipinski definition) is 3. The molecule has 1 amide bonds. The molecule has 4 heteroatoms. The Bertz CT molecular complexity index is 781. The van der Waals surface area contributed by atoms with E-state index in [-0.39, 0.29) is 5.91 Å². The van der Waals surface area contributed by atoms with Crippen molar-refractivity contribution in [2.45, 2.75) is 12.6 Å². The van der Waals surface area contributed by atoms with E-state index in [1.165, 1.54) is 0 Å². The van der Waals surface area contributed by atoms with Crippen LogP contribution in [-0.4, -0.2) is 10.9 Å². The predicted octanol–water partition coefficient (Wildman–Crippen LogP) is 2.55. The lowest BCUT2D eigenvalue weighted by Crippen LogP contribution is -2.33. The van der Waals surface area contributed by atoms with Crippen LogP contribution in [0.4, 0.5) is 0 Å². The number of para-hydroxylation sites is 1. The summed E-state index contributed by atoms with van der Waals surface area (Å²) in [6, 6.07) is 18.9. The van der Waals surface area contributed by atoms with E-state index >= 15 is 0 Å². The van der Waals surface area contributed by atoms with Crippen LogP contribution in [0, 0.1) is 0 Å². The number of nitrogens with two attached hydrogens (primary N) is 1. The first kappa shape index (κ1) is 14.2. The first-order valence-corrected chi connectivity index (χ1v) is 7.16. The van der Waals surface area contributed by atoms with E-state index in [2.05, 4.69) is 10.3 Å². The lowest BCUT2D eigenvalue weighted by atomic mass is 10.1. The normalized spacial score (nSPS) is 12.2. The monoisotopic (exact) mass is 291 g/mol. The van der Waals surface area contributed by atoms with E-state index in [0.717, 1.165) is 22.0 Å². The van der Waals surface area contributed by atoms with Gasteiger partial charge in [0.15, 0.2) is 0 Å². The number of rotatable bonds is 5. The van der Waals surface area contributed by atoms with Crippen LogP contribution in [0.2, 0.25) is 0 Å². The van der Waals surface area contributed by atoms with Gasteiger partial charge in [-0.15, -0.1) is 0 Å². The van der Waals surface area contributed by atoms with Gasteiger partial charge in [0.2, 0.25) is 5.91 Å². The first-order chi connectivity index (χ1) is 10.8. The maximum atomic E-state index is 11.7. The van der Waals surface area contributed by atoms with Crippen LogP contribution in [0.1, 0.15) is 17.2 Å². The van der Waals surface area contributed by atoms with E-state index in [1.54, 1.807) is 6.20 Å². The Kier molecular flexibility index (Phi) is 4.12. The van der Waals surface area contributed by atoms with Gasteiger partial charge in [-0.2, -0.15) is 0 Å². The highest BCUT2D eigenvalue weighted by atomic mass is 16.1. The Hall–Kier alpha value is -2.72. The highest BCUT2D eigenvalue weighted by Crippen LogP contribution is 2.18. The molecule has 0 fully saturated rings. The summed E-state index contributed by atoms with van der Waals surface area (Å²) in [4.78, 5) is 16.1. The Morgan fingerprint density at radius 1 is 1.05 bits per heavy atom. The van der Waals surface area contributed by atoms with Crippen molar-refractivity contribution in [2.75, 3.05) is 0 Å². The van der Waals surface area contributed by atoms with Gasteiger partial charge in [0.1, 0.15) is 6.04 Å². The molecule has 0 aliphatic carbocycles. The zero-order valence-electron chi connectivity index (χ0n) is 12.1. The number of nitrogens with one attached hydrogen (secondary N) is 1. The Morgan fingerprint density at radius 3 is 2.59 bits per heavy atom. The molecule has 2 aromatic carbocycles. The van der Waals surface area contributed by atoms with Crippen LogP contribution in [0.3, 0.4) is 0 Å². The molecular formula is C18H17N3O.